The summed E-state index contributed by atoms with van der Waals surface area (Å²) < 4.78 is 4.67. The van der Waals surface area contributed by atoms with Gasteiger partial charge in [-0.15, -0.1) is 0 Å². The van der Waals surface area contributed by atoms with Gasteiger partial charge in [0.15, 0.2) is 0 Å². The molecule has 0 saturated heterocycles. The molecule has 174 valence electrons. The Bertz CT molecular complexity index is 356. The fraction of sp³-hybridized carbons (Fsp3) is 0.957. The summed E-state index contributed by atoms with van der Waals surface area (Å²) in [4.78, 5) is 11.1. The van der Waals surface area contributed by atoms with Crippen LogP contribution in [0.3, 0.4) is 0 Å². The van der Waals surface area contributed by atoms with Crippen LogP contribution in [0.1, 0.15) is 96.8 Å². The molecule has 0 radical (unpaired) electrons. The molecule has 2 N–H and O–H groups in total. The summed E-state index contributed by atoms with van der Waals surface area (Å²) in [7, 11) is 1.45. The molecule has 0 aliphatic carbocycles. The van der Waals surface area contributed by atoms with E-state index in [1.54, 1.807) is 0 Å². The molecule has 0 bridgehead atoms. The number of esters is 1. The molecule has 0 aromatic carbocycles. The maximum atomic E-state index is 11.1. The molecule has 0 amide bonds. The first-order chi connectivity index (χ1) is 14.2. The molecule has 2 atom stereocenters. The summed E-state index contributed by atoms with van der Waals surface area (Å²) in [6.07, 6.45) is 16.4. The topological polar surface area (TPSA) is 66.8 Å². The average Bonchev–Trinajstić information content (AvgIpc) is 2.74. The highest BCUT2D eigenvalue weighted by atomic mass is 32.2. The number of unbranched alkanes of at least 4 members (excludes halogenated alkanes) is 8. The smallest absolute Gasteiger partial charge is 0.305 e. The van der Waals surface area contributed by atoms with Crippen LogP contribution in [-0.4, -0.2) is 58.5 Å². The molecule has 29 heavy (non-hydrogen) atoms. The van der Waals surface area contributed by atoms with Crippen LogP contribution in [0, 0.1) is 0 Å². The number of ether oxygens (including phenoxy) is 1. The molecule has 0 rings (SSSR count). The van der Waals surface area contributed by atoms with Gasteiger partial charge >= 0.3 is 5.97 Å². The maximum Gasteiger partial charge on any atom is 0.305 e. The SMILES string of the molecule is CCCCCCC(CC(CCCCCCCCC(=O)OC)SCCO)SCCO. The van der Waals surface area contributed by atoms with Crippen LogP contribution >= 0.6 is 23.5 Å². The molecule has 0 aliphatic rings. The Morgan fingerprint density at radius 1 is 0.793 bits per heavy atom. The van der Waals surface area contributed by atoms with Gasteiger partial charge < -0.3 is 14.9 Å². The Morgan fingerprint density at radius 3 is 1.76 bits per heavy atom. The van der Waals surface area contributed by atoms with Gasteiger partial charge in [-0.25, -0.2) is 0 Å². The summed E-state index contributed by atoms with van der Waals surface area (Å²) >= 11 is 3.86. The van der Waals surface area contributed by atoms with E-state index in [2.05, 4.69) is 11.7 Å². The Hall–Kier alpha value is 0.0900. The van der Waals surface area contributed by atoms with Crippen molar-refractivity contribution in [1.82, 2.24) is 0 Å². The third kappa shape index (κ3) is 19.8. The Morgan fingerprint density at radius 2 is 1.28 bits per heavy atom. The number of thioether (sulfide) groups is 2. The Kier molecular flexibility index (Phi) is 22.8. The number of hydrogen-bond donors (Lipinski definition) is 2. The van der Waals surface area contributed by atoms with E-state index in [1.807, 2.05) is 23.5 Å². The lowest BCUT2D eigenvalue weighted by Gasteiger charge is -2.23. The predicted octanol–water partition coefficient (Wildman–Crippen LogP) is 5.83. The molecular weight excluding hydrogens is 404 g/mol. The normalized spacial score (nSPS) is 13.4. The predicted molar refractivity (Wildman–Crippen MR) is 129 cm³/mol. The van der Waals surface area contributed by atoms with Crippen LogP contribution in [0.4, 0.5) is 0 Å². The highest BCUT2D eigenvalue weighted by molar-refractivity contribution is 8.00. The van der Waals surface area contributed by atoms with E-state index in [4.69, 9.17) is 0 Å². The van der Waals surface area contributed by atoms with E-state index in [0.29, 0.717) is 16.9 Å². The minimum absolute atomic E-state index is 0.0999. The quantitative estimate of drug-likeness (QED) is 0.160. The molecule has 0 aliphatic heterocycles. The molecule has 0 aromatic rings. The minimum atomic E-state index is -0.0999. The van der Waals surface area contributed by atoms with Gasteiger partial charge in [-0.2, -0.15) is 23.5 Å². The van der Waals surface area contributed by atoms with Gasteiger partial charge in [0.05, 0.1) is 20.3 Å². The molecule has 0 heterocycles. The second-order valence-corrected chi connectivity index (χ2v) is 10.6. The lowest BCUT2D eigenvalue weighted by Crippen LogP contribution is -2.15. The maximum absolute atomic E-state index is 11.1. The first-order valence-electron chi connectivity index (χ1n) is 11.7. The van der Waals surface area contributed by atoms with Crippen molar-refractivity contribution in [2.75, 3.05) is 31.8 Å². The van der Waals surface area contributed by atoms with Crippen molar-refractivity contribution < 1.29 is 19.7 Å². The second-order valence-electron chi connectivity index (χ2n) is 7.75. The van der Waals surface area contributed by atoms with Gasteiger partial charge in [0.25, 0.3) is 0 Å². The summed E-state index contributed by atoms with van der Waals surface area (Å²) in [5.41, 5.74) is 0. The number of carbonyl (C=O) groups excluding carboxylic acids is 1. The lowest BCUT2D eigenvalue weighted by molar-refractivity contribution is -0.140. The van der Waals surface area contributed by atoms with Crippen LogP contribution < -0.4 is 0 Å². The number of hydrogen-bond acceptors (Lipinski definition) is 6. The second kappa shape index (κ2) is 22.8. The molecule has 0 spiro atoms. The number of aliphatic hydroxyl groups is 2. The van der Waals surface area contributed by atoms with E-state index < -0.39 is 0 Å². The van der Waals surface area contributed by atoms with Crippen molar-refractivity contribution in [1.29, 1.82) is 0 Å². The van der Waals surface area contributed by atoms with Crippen molar-refractivity contribution in [3.05, 3.63) is 0 Å². The summed E-state index contributed by atoms with van der Waals surface area (Å²) in [6.45, 7) is 2.77. The third-order valence-electron chi connectivity index (χ3n) is 5.18. The van der Waals surface area contributed by atoms with E-state index in [9.17, 15) is 15.0 Å². The standard InChI is InChI=1S/C23H46O4S2/c1-3-4-5-10-13-21(28-18-16-24)20-22(29-19-17-25)14-11-8-6-7-9-12-15-23(26)27-2/h21-22,24-25H,3-20H2,1-2H3. The van der Waals surface area contributed by atoms with Gasteiger partial charge in [-0.05, 0) is 25.7 Å². The number of aliphatic hydroxyl groups excluding tert-OH is 2. The highest BCUT2D eigenvalue weighted by Gasteiger charge is 2.17. The first kappa shape index (κ1) is 29.1. The fourth-order valence-electron chi connectivity index (χ4n) is 3.52. The highest BCUT2D eigenvalue weighted by Crippen LogP contribution is 2.30. The zero-order valence-electron chi connectivity index (χ0n) is 18.9. The minimum Gasteiger partial charge on any atom is -0.469 e. The van der Waals surface area contributed by atoms with Crippen molar-refractivity contribution in [2.24, 2.45) is 0 Å². The molecule has 0 aromatic heterocycles. The van der Waals surface area contributed by atoms with Crippen LogP contribution in [0.2, 0.25) is 0 Å². The molecule has 2 unspecified atom stereocenters. The summed E-state index contributed by atoms with van der Waals surface area (Å²) in [6, 6.07) is 0. The first-order valence-corrected chi connectivity index (χ1v) is 13.8. The fourth-order valence-corrected chi connectivity index (χ4v) is 5.92. The van der Waals surface area contributed by atoms with E-state index in [-0.39, 0.29) is 19.2 Å². The van der Waals surface area contributed by atoms with Gasteiger partial charge in [-0.1, -0.05) is 64.7 Å². The zero-order chi connectivity index (χ0) is 21.6. The number of carbonyl (C=O) groups is 1. The van der Waals surface area contributed by atoms with E-state index in [0.717, 1.165) is 24.3 Å². The number of rotatable bonds is 22. The van der Waals surface area contributed by atoms with E-state index >= 15 is 0 Å². The van der Waals surface area contributed by atoms with Crippen LogP contribution in [-0.2, 0) is 9.53 Å². The lowest BCUT2D eigenvalue weighted by atomic mass is 10.0. The van der Waals surface area contributed by atoms with Gasteiger partial charge in [-0.3, -0.25) is 4.79 Å². The van der Waals surface area contributed by atoms with Crippen LogP contribution in [0.25, 0.3) is 0 Å². The zero-order valence-corrected chi connectivity index (χ0v) is 20.5. The van der Waals surface area contributed by atoms with Crippen molar-refractivity contribution in [3.8, 4) is 0 Å². The van der Waals surface area contributed by atoms with Gasteiger partial charge in [0.1, 0.15) is 0 Å². The Balaban J connectivity index is 4.12. The van der Waals surface area contributed by atoms with E-state index in [1.165, 1.54) is 77.7 Å². The summed E-state index contributed by atoms with van der Waals surface area (Å²) in [5, 5.41) is 19.7. The molecule has 4 nitrogen and oxygen atoms in total. The molecule has 0 saturated carbocycles. The molecule has 0 fully saturated rings. The largest absolute Gasteiger partial charge is 0.469 e. The average molecular weight is 451 g/mol. The summed E-state index contributed by atoms with van der Waals surface area (Å²) in [5.74, 6) is 1.56. The third-order valence-corrected chi connectivity index (χ3v) is 7.82. The van der Waals surface area contributed by atoms with Gasteiger partial charge in [0, 0.05) is 28.4 Å². The van der Waals surface area contributed by atoms with Crippen molar-refractivity contribution >= 4 is 29.5 Å². The Labute approximate surface area is 188 Å². The molecule has 6 heteroatoms. The molecular formula is C23H46O4S2. The number of methoxy groups -OCH3 is 1. The van der Waals surface area contributed by atoms with Crippen LogP contribution in [0.5, 0.6) is 0 Å². The van der Waals surface area contributed by atoms with Crippen LogP contribution in [0.15, 0.2) is 0 Å². The van der Waals surface area contributed by atoms with Crippen molar-refractivity contribution in [3.63, 3.8) is 0 Å². The van der Waals surface area contributed by atoms with Crippen molar-refractivity contribution in [2.45, 2.75) is 107 Å². The van der Waals surface area contributed by atoms with Gasteiger partial charge in [0.2, 0.25) is 0 Å². The monoisotopic (exact) mass is 450 g/mol.